The van der Waals surface area contributed by atoms with Crippen molar-refractivity contribution in [1.29, 1.82) is 0 Å². The number of aryl methyl sites for hydroxylation is 1. The molecule has 1 saturated carbocycles. The molecule has 4 nitrogen and oxygen atoms in total. The summed E-state index contributed by atoms with van der Waals surface area (Å²) in [6.07, 6.45) is 6.39. The first-order valence-corrected chi connectivity index (χ1v) is 8.23. The van der Waals surface area contributed by atoms with Gasteiger partial charge in [-0.05, 0) is 37.2 Å². The SMILES string of the molecule is O=C1CC(CCc2ccccc2)c2c(n[nH]c2C2CCC2)N1. The number of carbonyl (C=O) groups is 1. The van der Waals surface area contributed by atoms with Crippen molar-refractivity contribution in [2.45, 2.75) is 50.4 Å². The van der Waals surface area contributed by atoms with Gasteiger partial charge in [0.25, 0.3) is 0 Å². The normalized spacial score (nSPS) is 21.1. The molecule has 1 aromatic heterocycles. The average Bonchev–Trinajstić information content (AvgIpc) is 2.88. The summed E-state index contributed by atoms with van der Waals surface area (Å²) >= 11 is 0. The number of fused-ring (bicyclic) bond motifs is 1. The number of nitrogens with one attached hydrogen (secondary N) is 2. The van der Waals surface area contributed by atoms with Crippen LogP contribution >= 0.6 is 0 Å². The Morgan fingerprint density at radius 2 is 2.00 bits per heavy atom. The van der Waals surface area contributed by atoms with E-state index < -0.39 is 0 Å². The Labute approximate surface area is 130 Å². The van der Waals surface area contributed by atoms with Crippen molar-refractivity contribution in [3.05, 3.63) is 47.2 Å². The number of rotatable bonds is 4. The van der Waals surface area contributed by atoms with E-state index in [9.17, 15) is 4.79 Å². The van der Waals surface area contributed by atoms with Gasteiger partial charge in [0.1, 0.15) is 0 Å². The van der Waals surface area contributed by atoms with E-state index in [1.165, 1.54) is 36.1 Å². The van der Waals surface area contributed by atoms with E-state index in [2.05, 4.69) is 39.8 Å². The summed E-state index contributed by atoms with van der Waals surface area (Å²) in [5, 5.41) is 10.5. The summed E-state index contributed by atoms with van der Waals surface area (Å²) in [6.45, 7) is 0. The summed E-state index contributed by atoms with van der Waals surface area (Å²) < 4.78 is 0. The molecule has 0 spiro atoms. The summed E-state index contributed by atoms with van der Waals surface area (Å²) in [7, 11) is 0. The van der Waals surface area contributed by atoms with Gasteiger partial charge in [-0.2, -0.15) is 5.10 Å². The molecule has 1 amide bonds. The summed E-state index contributed by atoms with van der Waals surface area (Å²) in [5.74, 6) is 1.78. The Hall–Kier alpha value is -2.10. The van der Waals surface area contributed by atoms with Gasteiger partial charge in [0, 0.05) is 23.6 Å². The standard InChI is InChI=1S/C18H21N3O/c22-15-11-14(10-9-12-5-2-1-3-6-12)16-17(13-7-4-8-13)20-21-18(16)19-15/h1-3,5-6,13-14H,4,7-11H2,(H2,19,20,21,22). The minimum Gasteiger partial charge on any atom is -0.309 e. The molecule has 0 bridgehead atoms. The van der Waals surface area contributed by atoms with Gasteiger partial charge in [-0.3, -0.25) is 9.89 Å². The fraction of sp³-hybridized carbons (Fsp3) is 0.444. The van der Waals surface area contributed by atoms with Crippen molar-refractivity contribution >= 4 is 11.7 Å². The van der Waals surface area contributed by atoms with Crippen molar-refractivity contribution in [3.8, 4) is 0 Å². The quantitative estimate of drug-likeness (QED) is 0.902. The average molecular weight is 295 g/mol. The molecule has 1 unspecified atom stereocenters. The Kier molecular flexibility index (Phi) is 3.45. The van der Waals surface area contributed by atoms with Crippen LogP contribution in [0.1, 0.15) is 60.8 Å². The lowest BCUT2D eigenvalue weighted by Gasteiger charge is -2.29. The van der Waals surface area contributed by atoms with E-state index in [0.29, 0.717) is 18.3 Å². The summed E-state index contributed by atoms with van der Waals surface area (Å²) in [4.78, 5) is 11.9. The zero-order valence-electron chi connectivity index (χ0n) is 12.6. The van der Waals surface area contributed by atoms with Crippen molar-refractivity contribution in [2.75, 3.05) is 5.32 Å². The van der Waals surface area contributed by atoms with E-state index in [4.69, 9.17) is 0 Å². The van der Waals surface area contributed by atoms with Gasteiger partial charge in [-0.25, -0.2) is 0 Å². The van der Waals surface area contributed by atoms with Gasteiger partial charge in [0.05, 0.1) is 0 Å². The lowest BCUT2D eigenvalue weighted by molar-refractivity contribution is -0.116. The maximum absolute atomic E-state index is 11.9. The third-order valence-corrected chi connectivity index (χ3v) is 5.07. The van der Waals surface area contributed by atoms with Crippen LogP contribution in [0.15, 0.2) is 30.3 Å². The Morgan fingerprint density at radius 3 is 2.73 bits per heavy atom. The van der Waals surface area contributed by atoms with Crippen molar-refractivity contribution in [2.24, 2.45) is 0 Å². The number of aromatic nitrogens is 2. The molecule has 1 aliphatic carbocycles. The number of carbonyl (C=O) groups excluding carboxylic acids is 1. The Morgan fingerprint density at radius 1 is 1.18 bits per heavy atom. The first kappa shape index (κ1) is 13.6. The smallest absolute Gasteiger partial charge is 0.226 e. The second kappa shape index (κ2) is 5.59. The fourth-order valence-corrected chi connectivity index (χ4v) is 3.62. The zero-order valence-corrected chi connectivity index (χ0v) is 12.6. The van der Waals surface area contributed by atoms with Gasteiger partial charge in [-0.1, -0.05) is 36.8 Å². The number of H-pyrrole nitrogens is 1. The lowest BCUT2D eigenvalue weighted by atomic mass is 9.77. The van der Waals surface area contributed by atoms with Crippen LogP contribution in [-0.2, 0) is 11.2 Å². The largest absolute Gasteiger partial charge is 0.309 e. The third-order valence-electron chi connectivity index (χ3n) is 5.07. The van der Waals surface area contributed by atoms with Crippen LogP contribution in [-0.4, -0.2) is 16.1 Å². The molecule has 1 fully saturated rings. The fourth-order valence-electron chi connectivity index (χ4n) is 3.62. The van der Waals surface area contributed by atoms with E-state index >= 15 is 0 Å². The van der Waals surface area contributed by atoms with E-state index in [0.717, 1.165) is 18.7 Å². The predicted molar refractivity (Wildman–Crippen MR) is 85.9 cm³/mol. The molecular formula is C18H21N3O. The van der Waals surface area contributed by atoms with Gasteiger partial charge in [0.2, 0.25) is 5.91 Å². The number of hydrogen-bond acceptors (Lipinski definition) is 2. The Balaban J connectivity index is 1.57. The van der Waals surface area contributed by atoms with Gasteiger partial charge < -0.3 is 5.32 Å². The minimum atomic E-state index is 0.0946. The van der Waals surface area contributed by atoms with Crippen molar-refractivity contribution < 1.29 is 4.79 Å². The van der Waals surface area contributed by atoms with Crippen LogP contribution in [0.3, 0.4) is 0 Å². The second-order valence-corrected chi connectivity index (χ2v) is 6.50. The molecule has 1 aromatic carbocycles. The zero-order chi connectivity index (χ0) is 14.9. The second-order valence-electron chi connectivity index (χ2n) is 6.50. The summed E-state index contributed by atoms with van der Waals surface area (Å²) in [5.41, 5.74) is 3.89. The monoisotopic (exact) mass is 295 g/mol. The molecule has 0 radical (unpaired) electrons. The van der Waals surface area contributed by atoms with Gasteiger partial charge >= 0.3 is 0 Å². The molecule has 2 heterocycles. The lowest BCUT2D eigenvalue weighted by Crippen LogP contribution is -2.24. The molecule has 1 atom stereocenters. The number of hydrogen-bond donors (Lipinski definition) is 2. The molecule has 0 saturated heterocycles. The number of benzene rings is 1. The van der Waals surface area contributed by atoms with Crippen molar-refractivity contribution in [1.82, 2.24) is 10.2 Å². The highest BCUT2D eigenvalue weighted by Crippen LogP contribution is 2.44. The van der Waals surface area contributed by atoms with Gasteiger partial charge in [0.15, 0.2) is 5.82 Å². The van der Waals surface area contributed by atoms with Crippen LogP contribution in [0.5, 0.6) is 0 Å². The highest BCUT2D eigenvalue weighted by Gasteiger charge is 2.34. The van der Waals surface area contributed by atoms with Crippen LogP contribution in [0, 0.1) is 0 Å². The third kappa shape index (κ3) is 2.43. The van der Waals surface area contributed by atoms with Crippen LogP contribution < -0.4 is 5.32 Å². The maximum atomic E-state index is 11.9. The maximum Gasteiger partial charge on any atom is 0.226 e. The Bertz CT molecular complexity index is 673. The topological polar surface area (TPSA) is 57.8 Å². The van der Waals surface area contributed by atoms with E-state index in [-0.39, 0.29) is 5.91 Å². The van der Waals surface area contributed by atoms with E-state index in [1.807, 2.05) is 6.07 Å². The first-order chi connectivity index (χ1) is 10.8. The molecule has 2 aliphatic rings. The predicted octanol–water partition coefficient (Wildman–Crippen LogP) is 3.74. The van der Waals surface area contributed by atoms with Gasteiger partial charge in [-0.15, -0.1) is 0 Å². The molecule has 2 aromatic rings. The molecule has 4 rings (SSSR count). The van der Waals surface area contributed by atoms with Crippen LogP contribution in [0.25, 0.3) is 0 Å². The summed E-state index contributed by atoms with van der Waals surface area (Å²) in [6, 6.07) is 10.5. The molecular weight excluding hydrogens is 274 g/mol. The molecule has 2 N–H and O–H groups in total. The highest BCUT2D eigenvalue weighted by molar-refractivity contribution is 5.93. The van der Waals surface area contributed by atoms with E-state index in [1.54, 1.807) is 0 Å². The minimum absolute atomic E-state index is 0.0946. The first-order valence-electron chi connectivity index (χ1n) is 8.23. The number of nitrogens with zero attached hydrogens (tertiary/aromatic N) is 1. The van der Waals surface area contributed by atoms with Crippen LogP contribution in [0.4, 0.5) is 5.82 Å². The highest BCUT2D eigenvalue weighted by atomic mass is 16.1. The number of amides is 1. The number of anilines is 1. The molecule has 22 heavy (non-hydrogen) atoms. The molecule has 114 valence electrons. The molecule has 4 heteroatoms. The van der Waals surface area contributed by atoms with Crippen molar-refractivity contribution in [3.63, 3.8) is 0 Å². The van der Waals surface area contributed by atoms with Crippen LogP contribution in [0.2, 0.25) is 0 Å². The molecule has 1 aliphatic heterocycles. The number of aromatic amines is 1.